The van der Waals surface area contributed by atoms with Gasteiger partial charge in [0.15, 0.2) is 5.12 Å². The topological polar surface area (TPSA) is 17.1 Å². The molecule has 0 aromatic heterocycles. The van der Waals surface area contributed by atoms with Gasteiger partial charge in [-0.1, -0.05) is 49.0 Å². The molecule has 0 saturated carbocycles. The number of carbonyl (C=O) groups is 1. The van der Waals surface area contributed by atoms with E-state index >= 15 is 0 Å². The van der Waals surface area contributed by atoms with Crippen LogP contribution in [0.5, 0.6) is 0 Å². The van der Waals surface area contributed by atoms with Crippen LogP contribution >= 0.6 is 11.8 Å². The Bertz CT molecular complexity index is 348. The Hall–Kier alpha value is -0.970. The molecule has 0 fully saturated rings. The molecule has 0 spiro atoms. The lowest BCUT2D eigenvalue weighted by Gasteiger charge is -2.11. The van der Waals surface area contributed by atoms with Crippen molar-refractivity contribution in [3.63, 3.8) is 0 Å². The molecule has 0 aliphatic carbocycles. The summed E-state index contributed by atoms with van der Waals surface area (Å²) < 4.78 is 35.7. The Balaban J connectivity index is 2.55. The Kier molecular flexibility index (Phi) is 4.41. The number of carbonyl (C=O) groups excluding carboxylic acids is 1. The minimum atomic E-state index is -4.29. The molecule has 1 aromatic rings. The van der Waals surface area contributed by atoms with Gasteiger partial charge in [-0.15, -0.1) is 0 Å². The van der Waals surface area contributed by atoms with Gasteiger partial charge in [-0.2, -0.15) is 13.2 Å². The lowest BCUT2D eigenvalue weighted by Crippen LogP contribution is -2.15. The molecule has 0 radical (unpaired) electrons. The molecule has 0 aliphatic heterocycles. The summed E-state index contributed by atoms with van der Waals surface area (Å²) in [7, 11) is 0. The van der Waals surface area contributed by atoms with Crippen LogP contribution in [0, 0.1) is 0 Å². The minimum Gasteiger partial charge on any atom is -0.287 e. The van der Waals surface area contributed by atoms with E-state index in [1.165, 1.54) is 0 Å². The number of rotatable bonds is 3. The highest BCUT2D eigenvalue weighted by Gasteiger charge is 2.29. The zero-order chi connectivity index (χ0) is 12.2. The van der Waals surface area contributed by atoms with Crippen LogP contribution in [-0.2, 0) is 4.79 Å². The van der Waals surface area contributed by atoms with Gasteiger partial charge in [0.1, 0.15) is 0 Å². The third kappa shape index (κ3) is 4.26. The van der Waals surface area contributed by atoms with E-state index in [9.17, 15) is 18.0 Å². The molecule has 16 heavy (non-hydrogen) atoms. The van der Waals surface area contributed by atoms with E-state index in [1.807, 2.05) is 0 Å². The predicted octanol–water partition coefficient (Wildman–Crippen LogP) is 3.61. The van der Waals surface area contributed by atoms with Crippen LogP contribution in [0.3, 0.4) is 0 Å². The first-order chi connectivity index (χ1) is 7.40. The molecule has 0 amide bonds. The molecule has 0 unspecified atom stereocenters. The molecule has 1 nitrogen and oxygen atoms in total. The Morgan fingerprint density at radius 2 is 1.88 bits per heavy atom. The van der Waals surface area contributed by atoms with E-state index in [2.05, 4.69) is 0 Å². The third-order valence-corrected chi connectivity index (χ3v) is 3.14. The monoisotopic (exact) mass is 248 g/mol. The average Bonchev–Trinajstić information content (AvgIpc) is 2.25. The normalized spacial score (nSPS) is 13.5. The van der Waals surface area contributed by atoms with Crippen LogP contribution in [0.4, 0.5) is 13.2 Å². The molecule has 0 bridgehead atoms. The number of hydrogen-bond donors (Lipinski definition) is 0. The Labute approximate surface area is 96.0 Å². The summed E-state index contributed by atoms with van der Waals surface area (Å²) in [5.41, 5.74) is 0.738. The second kappa shape index (κ2) is 5.39. The van der Waals surface area contributed by atoms with Crippen LogP contribution in [-0.4, -0.2) is 17.0 Å². The van der Waals surface area contributed by atoms with Crippen molar-refractivity contribution in [1.82, 2.24) is 0 Å². The maximum atomic E-state index is 11.9. The van der Waals surface area contributed by atoms with Crippen molar-refractivity contribution in [1.29, 1.82) is 0 Å². The van der Waals surface area contributed by atoms with Gasteiger partial charge in [0, 0.05) is 0 Å². The van der Waals surface area contributed by atoms with E-state index in [-0.39, 0.29) is 0 Å². The van der Waals surface area contributed by atoms with Crippen molar-refractivity contribution in [2.75, 3.05) is 5.75 Å². The quantitative estimate of drug-likeness (QED) is 0.812. The number of halogens is 3. The van der Waals surface area contributed by atoms with Crippen molar-refractivity contribution in [2.45, 2.75) is 19.0 Å². The highest BCUT2D eigenvalue weighted by atomic mass is 32.2. The van der Waals surface area contributed by atoms with E-state index < -0.39 is 23.0 Å². The number of hydrogen-bond acceptors (Lipinski definition) is 2. The molecule has 1 rings (SSSR count). The summed E-state index contributed by atoms with van der Waals surface area (Å²) >= 11 is 0.322. The fourth-order valence-corrected chi connectivity index (χ4v) is 1.85. The molecule has 0 heterocycles. The Morgan fingerprint density at radius 3 is 2.38 bits per heavy atom. The SMILES string of the molecule is C[C@H](C(=O)SCC(F)(F)F)c1ccccc1. The lowest BCUT2D eigenvalue weighted by molar-refractivity contribution is -0.114. The largest absolute Gasteiger partial charge is 0.398 e. The van der Waals surface area contributed by atoms with Crippen molar-refractivity contribution in [2.24, 2.45) is 0 Å². The van der Waals surface area contributed by atoms with E-state index in [0.29, 0.717) is 11.8 Å². The molecular formula is C11H11F3OS. The van der Waals surface area contributed by atoms with Crippen molar-refractivity contribution in [3.8, 4) is 0 Å². The Morgan fingerprint density at radius 1 is 1.31 bits per heavy atom. The summed E-state index contributed by atoms with van der Waals surface area (Å²) in [5.74, 6) is -1.63. The number of alkyl halides is 3. The summed E-state index contributed by atoms with van der Waals surface area (Å²) in [4.78, 5) is 11.5. The van der Waals surface area contributed by atoms with Crippen molar-refractivity contribution < 1.29 is 18.0 Å². The van der Waals surface area contributed by atoms with E-state index in [0.717, 1.165) is 5.56 Å². The fourth-order valence-electron chi connectivity index (χ4n) is 1.16. The van der Waals surface area contributed by atoms with Crippen LogP contribution < -0.4 is 0 Å². The zero-order valence-corrected chi connectivity index (χ0v) is 9.44. The van der Waals surface area contributed by atoms with E-state index in [4.69, 9.17) is 0 Å². The van der Waals surface area contributed by atoms with Crippen LogP contribution in [0.2, 0.25) is 0 Å². The molecular weight excluding hydrogens is 237 g/mol. The molecule has 1 atom stereocenters. The highest BCUT2D eigenvalue weighted by Crippen LogP contribution is 2.27. The minimum absolute atomic E-state index is 0.322. The van der Waals surface area contributed by atoms with Crippen molar-refractivity contribution >= 4 is 16.9 Å². The smallest absolute Gasteiger partial charge is 0.287 e. The maximum Gasteiger partial charge on any atom is 0.398 e. The second-order valence-corrected chi connectivity index (χ2v) is 4.33. The van der Waals surface area contributed by atoms with Gasteiger partial charge in [0.05, 0.1) is 11.7 Å². The summed E-state index contributed by atoms with van der Waals surface area (Å²) in [6, 6.07) is 8.78. The van der Waals surface area contributed by atoms with Gasteiger partial charge in [0.25, 0.3) is 0 Å². The first-order valence-corrected chi connectivity index (χ1v) is 5.67. The number of thioether (sulfide) groups is 1. The zero-order valence-electron chi connectivity index (χ0n) is 8.62. The average molecular weight is 248 g/mol. The predicted molar refractivity (Wildman–Crippen MR) is 58.4 cm³/mol. The van der Waals surface area contributed by atoms with Gasteiger partial charge >= 0.3 is 6.18 Å². The molecule has 0 aliphatic rings. The number of benzene rings is 1. The first kappa shape index (κ1) is 13.1. The lowest BCUT2D eigenvalue weighted by atomic mass is 10.0. The van der Waals surface area contributed by atoms with Gasteiger partial charge in [0.2, 0.25) is 0 Å². The molecule has 5 heteroatoms. The molecule has 0 N–H and O–H groups in total. The third-order valence-electron chi connectivity index (χ3n) is 2.03. The van der Waals surface area contributed by atoms with Gasteiger partial charge in [-0.05, 0) is 5.56 Å². The summed E-state index contributed by atoms with van der Waals surface area (Å²) in [6.45, 7) is 1.61. The maximum absolute atomic E-state index is 11.9. The van der Waals surface area contributed by atoms with Gasteiger partial charge in [-0.25, -0.2) is 0 Å². The highest BCUT2D eigenvalue weighted by molar-refractivity contribution is 8.13. The standard InChI is InChI=1S/C11H11F3OS/c1-8(9-5-3-2-4-6-9)10(15)16-7-11(12,13)14/h2-6,8H,7H2,1H3/t8-/m0/s1. The van der Waals surface area contributed by atoms with E-state index in [1.54, 1.807) is 37.3 Å². The second-order valence-electron chi connectivity index (χ2n) is 3.36. The van der Waals surface area contributed by atoms with Crippen LogP contribution in [0.1, 0.15) is 18.4 Å². The van der Waals surface area contributed by atoms with Crippen LogP contribution in [0.25, 0.3) is 0 Å². The molecule has 0 saturated heterocycles. The molecule has 1 aromatic carbocycles. The fraction of sp³-hybridized carbons (Fsp3) is 0.364. The summed E-state index contributed by atoms with van der Waals surface area (Å²) in [6.07, 6.45) is -4.29. The first-order valence-electron chi connectivity index (χ1n) is 4.68. The van der Waals surface area contributed by atoms with Crippen molar-refractivity contribution in [3.05, 3.63) is 35.9 Å². The van der Waals surface area contributed by atoms with Gasteiger partial charge in [-0.3, -0.25) is 4.79 Å². The van der Waals surface area contributed by atoms with Gasteiger partial charge < -0.3 is 0 Å². The van der Waals surface area contributed by atoms with Crippen LogP contribution in [0.15, 0.2) is 30.3 Å². The summed E-state index contributed by atoms with van der Waals surface area (Å²) in [5, 5.41) is -0.455. The molecule has 88 valence electrons.